The van der Waals surface area contributed by atoms with E-state index in [2.05, 4.69) is 14.8 Å². The maximum Gasteiger partial charge on any atom is 0.340 e. The smallest absolute Gasteiger partial charge is 0.340 e. The Morgan fingerprint density at radius 2 is 1.95 bits per heavy atom. The lowest BCUT2D eigenvalue weighted by Crippen LogP contribution is -2.26. The lowest BCUT2D eigenvalue weighted by atomic mass is 10.2. The Morgan fingerprint density at radius 1 is 1.30 bits per heavy atom. The zero-order valence-corrected chi connectivity index (χ0v) is 11.7. The van der Waals surface area contributed by atoms with Crippen LogP contribution in [0.3, 0.4) is 0 Å². The number of benzene rings is 1. The molecular weight excluding hydrogens is 294 g/mol. The zero-order chi connectivity index (χ0) is 15.3. The third-order valence-corrected chi connectivity index (χ3v) is 3.85. The van der Waals surface area contributed by atoms with Gasteiger partial charge in [0.05, 0.1) is 24.1 Å². The van der Waals surface area contributed by atoms with Gasteiger partial charge >= 0.3 is 5.97 Å². The summed E-state index contributed by atoms with van der Waals surface area (Å²) >= 11 is 0. The fraction of sp³-hybridized carbons (Fsp3) is 0.364. The molecule has 0 aromatic heterocycles. The molecule has 0 saturated carbocycles. The molecule has 0 aliphatic rings. The molecule has 0 aliphatic heterocycles. The zero-order valence-electron chi connectivity index (χ0n) is 10.9. The van der Waals surface area contributed by atoms with Crippen LogP contribution in [0, 0.1) is 11.6 Å². The summed E-state index contributed by atoms with van der Waals surface area (Å²) in [6, 6.07) is 2.19. The number of halogens is 2. The number of esters is 1. The Kier molecular flexibility index (Phi) is 5.40. The quantitative estimate of drug-likeness (QED) is 0.756. The van der Waals surface area contributed by atoms with Gasteiger partial charge in [0.1, 0.15) is 0 Å². The van der Waals surface area contributed by atoms with E-state index in [-0.39, 0.29) is 18.0 Å². The van der Waals surface area contributed by atoms with Crippen LogP contribution in [0.15, 0.2) is 12.1 Å². The molecule has 0 aliphatic carbocycles. The molecule has 1 rings (SSSR count). The number of anilines is 1. The first-order chi connectivity index (χ1) is 9.32. The Balaban J connectivity index is 2.84. The standard InChI is InChI=1S/C11H14F2N2O4S/c1-14-20(17,18)6-5-15-8-4-3-7(11(16)19-2)9(12)10(8)13/h3-4,14-15H,5-6H2,1-2H3. The van der Waals surface area contributed by atoms with Crippen LogP contribution in [0.5, 0.6) is 0 Å². The Labute approximate surface area is 115 Å². The number of ether oxygens (including phenoxy) is 1. The number of hydrogen-bond donors (Lipinski definition) is 2. The van der Waals surface area contributed by atoms with Gasteiger partial charge in [-0.05, 0) is 19.2 Å². The van der Waals surface area contributed by atoms with Crippen molar-refractivity contribution in [3.05, 3.63) is 29.3 Å². The first-order valence-corrected chi connectivity index (χ1v) is 7.19. The summed E-state index contributed by atoms with van der Waals surface area (Å²) in [4.78, 5) is 11.1. The summed E-state index contributed by atoms with van der Waals surface area (Å²) in [7, 11) is -1.14. The van der Waals surface area contributed by atoms with E-state index in [0.717, 1.165) is 19.2 Å². The second-order valence-corrected chi connectivity index (χ2v) is 5.78. The predicted octanol–water partition coefficient (Wildman–Crippen LogP) is 0.712. The fourth-order valence-electron chi connectivity index (χ4n) is 1.38. The largest absolute Gasteiger partial charge is 0.465 e. The Morgan fingerprint density at radius 3 is 2.50 bits per heavy atom. The third kappa shape index (κ3) is 3.87. The van der Waals surface area contributed by atoms with E-state index in [4.69, 9.17) is 0 Å². The number of carbonyl (C=O) groups is 1. The molecule has 0 spiro atoms. The van der Waals surface area contributed by atoms with Crippen molar-refractivity contribution in [2.24, 2.45) is 0 Å². The van der Waals surface area contributed by atoms with Crippen molar-refractivity contribution >= 4 is 21.7 Å². The molecule has 0 radical (unpaired) electrons. The molecule has 20 heavy (non-hydrogen) atoms. The third-order valence-electron chi connectivity index (χ3n) is 2.48. The number of hydrogen-bond acceptors (Lipinski definition) is 5. The molecule has 1 aromatic carbocycles. The van der Waals surface area contributed by atoms with Gasteiger partial charge in [0.25, 0.3) is 0 Å². The molecule has 0 heterocycles. The highest BCUT2D eigenvalue weighted by molar-refractivity contribution is 7.89. The molecule has 0 saturated heterocycles. The van der Waals surface area contributed by atoms with Gasteiger partial charge in [0.2, 0.25) is 10.0 Å². The minimum absolute atomic E-state index is 0.114. The first-order valence-electron chi connectivity index (χ1n) is 5.53. The fourth-order valence-corrected chi connectivity index (χ4v) is 1.95. The van der Waals surface area contributed by atoms with E-state index >= 15 is 0 Å². The summed E-state index contributed by atoms with van der Waals surface area (Å²) in [6.07, 6.45) is 0. The van der Waals surface area contributed by atoms with Crippen LogP contribution in [-0.4, -0.2) is 40.8 Å². The highest BCUT2D eigenvalue weighted by atomic mass is 32.2. The van der Waals surface area contributed by atoms with Gasteiger partial charge in [0.15, 0.2) is 11.6 Å². The second kappa shape index (κ2) is 6.62. The van der Waals surface area contributed by atoms with Crippen LogP contribution in [0.25, 0.3) is 0 Å². The topological polar surface area (TPSA) is 84.5 Å². The van der Waals surface area contributed by atoms with Gasteiger partial charge in [-0.2, -0.15) is 0 Å². The summed E-state index contributed by atoms with van der Waals surface area (Å²) in [5, 5.41) is 2.44. The Bertz CT molecular complexity index is 605. The molecule has 2 N–H and O–H groups in total. The van der Waals surface area contributed by atoms with Crippen LogP contribution >= 0.6 is 0 Å². The molecule has 9 heteroatoms. The van der Waals surface area contributed by atoms with Gasteiger partial charge < -0.3 is 10.1 Å². The van der Waals surface area contributed by atoms with Crippen molar-refractivity contribution in [1.29, 1.82) is 0 Å². The molecule has 0 amide bonds. The monoisotopic (exact) mass is 308 g/mol. The van der Waals surface area contributed by atoms with Crippen LogP contribution < -0.4 is 10.0 Å². The summed E-state index contributed by atoms with van der Waals surface area (Å²) in [5.41, 5.74) is -0.764. The number of nitrogens with one attached hydrogen (secondary N) is 2. The van der Waals surface area contributed by atoms with Crippen molar-refractivity contribution < 1.29 is 26.7 Å². The van der Waals surface area contributed by atoms with Crippen LogP contribution in [-0.2, 0) is 14.8 Å². The highest BCUT2D eigenvalue weighted by Gasteiger charge is 2.19. The molecule has 0 atom stereocenters. The van der Waals surface area contributed by atoms with Crippen LogP contribution in [0.1, 0.15) is 10.4 Å². The van der Waals surface area contributed by atoms with Gasteiger partial charge in [-0.1, -0.05) is 0 Å². The minimum Gasteiger partial charge on any atom is -0.465 e. The molecule has 112 valence electrons. The van der Waals surface area contributed by atoms with E-state index in [0.29, 0.717) is 0 Å². The van der Waals surface area contributed by atoms with E-state index in [1.807, 2.05) is 0 Å². The lowest BCUT2D eigenvalue weighted by Gasteiger charge is -2.10. The molecule has 0 bridgehead atoms. The highest BCUT2D eigenvalue weighted by Crippen LogP contribution is 2.21. The van der Waals surface area contributed by atoms with E-state index in [1.165, 1.54) is 7.05 Å². The molecule has 1 aromatic rings. The maximum absolute atomic E-state index is 13.7. The SMILES string of the molecule is CNS(=O)(=O)CCNc1ccc(C(=O)OC)c(F)c1F. The molecule has 0 fully saturated rings. The molecule has 0 unspecified atom stereocenters. The van der Waals surface area contributed by atoms with Crippen LogP contribution in [0.2, 0.25) is 0 Å². The Hall–Kier alpha value is -1.74. The number of methoxy groups -OCH3 is 1. The average Bonchev–Trinajstić information content (AvgIpc) is 2.42. The normalized spacial score (nSPS) is 11.2. The van der Waals surface area contributed by atoms with Gasteiger partial charge in [-0.15, -0.1) is 0 Å². The minimum atomic E-state index is -3.44. The van der Waals surface area contributed by atoms with Crippen molar-refractivity contribution in [3.63, 3.8) is 0 Å². The van der Waals surface area contributed by atoms with E-state index in [9.17, 15) is 22.0 Å². The van der Waals surface area contributed by atoms with Crippen molar-refractivity contribution in [3.8, 4) is 0 Å². The van der Waals surface area contributed by atoms with Gasteiger partial charge in [-0.25, -0.2) is 26.7 Å². The number of rotatable bonds is 6. The van der Waals surface area contributed by atoms with E-state index in [1.54, 1.807) is 0 Å². The lowest BCUT2D eigenvalue weighted by molar-refractivity contribution is 0.0594. The number of carbonyl (C=O) groups excluding carboxylic acids is 1. The van der Waals surface area contributed by atoms with Crippen molar-refractivity contribution in [2.75, 3.05) is 31.8 Å². The maximum atomic E-state index is 13.7. The molecule has 6 nitrogen and oxygen atoms in total. The first kappa shape index (κ1) is 16.3. The van der Waals surface area contributed by atoms with Gasteiger partial charge in [-0.3, -0.25) is 0 Å². The molecular formula is C11H14F2N2O4S. The van der Waals surface area contributed by atoms with Crippen molar-refractivity contribution in [2.45, 2.75) is 0 Å². The number of sulfonamides is 1. The summed E-state index contributed by atoms with van der Waals surface area (Å²) < 4.78 is 55.9. The summed E-state index contributed by atoms with van der Waals surface area (Å²) in [5.74, 6) is -3.91. The van der Waals surface area contributed by atoms with Crippen molar-refractivity contribution in [1.82, 2.24) is 4.72 Å². The second-order valence-electron chi connectivity index (χ2n) is 3.73. The van der Waals surface area contributed by atoms with Crippen LogP contribution in [0.4, 0.5) is 14.5 Å². The average molecular weight is 308 g/mol. The van der Waals surface area contributed by atoms with E-state index < -0.39 is 33.2 Å². The van der Waals surface area contributed by atoms with Gasteiger partial charge in [0, 0.05) is 6.54 Å². The predicted molar refractivity (Wildman–Crippen MR) is 69.0 cm³/mol. The summed E-state index contributed by atoms with van der Waals surface area (Å²) in [6.45, 7) is -0.114.